The quantitative estimate of drug-likeness (QED) is 0.758. The van der Waals surface area contributed by atoms with E-state index in [2.05, 4.69) is 22.0 Å². The number of likely N-dealkylation sites (tertiary alicyclic amines) is 1. The molecule has 0 radical (unpaired) electrons. The highest BCUT2D eigenvalue weighted by Crippen LogP contribution is 2.22. The van der Waals surface area contributed by atoms with Crippen LogP contribution in [-0.2, 0) is 20.9 Å². The molecule has 0 unspecified atom stereocenters. The van der Waals surface area contributed by atoms with Gasteiger partial charge in [-0.05, 0) is 12.8 Å². The molecule has 8 nitrogen and oxygen atoms in total. The molecule has 0 bridgehead atoms. The van der Waals surface area contributed by atoms with Gasteiger partial charge >= 0.3 is 0 Å². The van der Waals surface area contributed by atoms with Crippen LogP contribution in [0.2, 0.25) is 0 Å². The normalized spacial score (nSPS) is 25.9. The molecule has 0 N–H and O–H groups in total. The number of ether oxygens (including phenoxy) is 2. The first-order valence-corrected chi connectivity index (χ1v) is 8.10. The van der Waals surface area contributed by atoms with Gasteiger partial charge in [-0.25, -0.2) is 0 Å². The van der Waals surface area contributed by atoms with E-state index < -0.39 is 0 Å². The maximum Gasteiger partial charge on any atom is 0.252 e. The lowest BCUT2D eigenvalue weighted by atomic mass is 10.0. The fraction of sp³-hybridized carbons (Fsp3) is 0.800. The SMILES string of the molecule is Cc1noc(COCC(=O)N2C[C@@H](C)[C@H](N3CCOCC3)C2)n1. The van der Waals surface area contributed by atoms with E-state index in [9.17, 15) is 4.79 Å². The number of aromatic nitrogens is 2. The molecule has 2 aliphatic heterocycles. The van der Waals surface area contributed by atoms with Crippen LogP contribution in [0.5, 0.6) is 0 Å². The molecule has 128 valence electrons. The minimum Gasteiger partial charge on any atom is -0.379 e. The first-order chi connectivity index (χ1) is 11.1. The van der Waals surface area contributed by atoms with Crippen molar-refractivity contribution in [2.45, 2.75) is 26.5 Å². The van der Waals surface area contributed by atoms with E-state index in [1.165, 1.54) is 0 Å². The largest absolute Gasteiger partial charge is 0.379 e. The average Bonchev–Trinajstić information content (AvgIpc) is 3.14. The highest BCUT2D eigenvalue weighted by molar-refractivity contribution is 5.77. The van der Waals surface area contributed by atoms with Gasteiger partial charge in [0.15, 0.2) is 5.82 Å². The van der Waals surface area contributed by atoms with E-state index in [1.807, 2.05) is 4.90 Å². The number of rotatable bonds is 5. The smallest absolute Gasteiger partial charge is 0.252 e. The zero-order chi connectivity index (χ0) is 16.2. The maximum atomic E-state index is 12.3. The van der Waals surface area contributed by atoms with E-state index in [0.717, 1.165) is 39.4 Å². The third-order valence-electron chi connectivity index (χ3n) is 4.46. The summed E-state index contributed by atoms with van der Waals surface area (Å²) in [4.78, 5) is 20.7. The van der Waals surface area contributed by atoms with Gasteiger partial charge in [0.25, 0.3) is 5.89 Å². The van der Waals surface area contributed by atoms with Crippen molar-refractivity contribution in [3.8, 4) is 0 Å². The predicted octanol–water partition coefficient (Wildman–Crippen LogP) is 0.0737. The Labute approximate surface area is 135 Å². The van der Waals surface area contributed by atoms with E-state index in [0.29, 0.717) is 23.7 Å². The van der Waals surface area contributed by atoms with Gasteiger partial charge in [0.2, 0.25) is 5.91 Å². The van der Waals surface area contributed by atoms with Gasteiger partial charge in [-0.15, -0.1) is 0 Å². The minimum atomic E-state index is 0.0175. The highest BCUT2D eigenvalue weighted by atomic mass is 16.5. The van der Waals surface area contributed by atoms with Crippen molar-refractivity contribution < 1.29 is 18.8 Å². The molecule has 1 aromatic rings. The minimum absolute atomic E-state index is 0.0175. The molecule has 23 heavy (non-hydrogen) atoms. The van der Waals surface area contributed by atoms with Gasteiger partial charge in [0.05, 0.1) is 13.2 Å². The van der Waals surface area contributed by atoms with Crippen molar-refractivity contribution in [1.82, 2.24) is 19.9 Å². The van der Waals surface area contributed by atoms with Crippen LogP contribution in [0.3, 0.4) is 0 Å². The molecule has 0 spiro atoms. The first kappa shape index (κ1) is 16.4. The number of nitrogens with zero attached hydrogens (tertiary/aromatic N) is 4. The van der Waals surface area contributed by atoms with Crippen molar-refractivity contribution in [3.05, 3.63) is 11.7 Å². The Morgan fingerprint density at radius 1 is 1.35 bits per heavy atom. The molecule has 2 atom stereocenters. The van der Waals surface area contributed by atoms with Gasteiger partial charge in [-0.1, -0.05) is 12.1 Å². The summed E-state index contributed by atoms with van der Waals surface area (Å²) in [6.07, 6.45) is 0. The number of carbonyl (C=O) groups excluding carboxylic acids is 1. The zero-order valence-corrected chi connectivity index (χ0v) is 13.7. The second-order valence-electron chi connectivity index (χ2n) is 6.22. The lowest BCUT2D eigenvalue weighted by molar-refractivity contribution is -0.136. The number of aryl methyl sites for hydroxylation is 1. The van der Waals surface area contributed by atoms with Crippen LogP contribution in [-0.4, -0.2) is 77.9 Å². The van der Waals surface area contributed by atoms with Crippen molar-refractivity contribution >= 4 is 5.91 Å². The van der Waals surface area contributed by atoms with E-state index in [-0.39, 0.29) is 19.1 Å². The molecule has 2 fully saturated rings. The average molecular weight is 324 g/mol. The summed E-state index contributed by atoms with van der Waals surface area (Å²) in [6.45, 7) is 9.17. The lowest BCUT2D eigenvalue weighted by Crippen LogP contribution is -2.47. The molecule has 0 saturated carbocycles. The van der Waals surface area contributed by atoms with Crippen molar-refractivity contribution in [2.75, 3.05) is 46.0 Å². The Hall–Kier alpha value is -1.51. The summed E-state index contributed by atoms with van der Waals surface area (Å²) in [7, 11) is 0. The van der Waals surface area contributed by atoms with E-state index in [4.69, 9.17) is 14.0 Å². The van der Waals surface area contributed by atoms with Crippen LogP contribution in [0, 0.1) is 12.8 Å². The monoisotopic (exact) mass is 324 g/mol. The van der Waals surface area contributed by atoms with E-state index in [1.54, 1.807) is 6.92 Å². The molecule has 2 saturated heterocycles. The van der Waals surface area contributed by atoms with Crippen molar-refractivity contribution in [2.24, 2.45) is 5.92 Å². The summed E-state index contributed by atoms with van der Waals surface area (Å²) in [5.41, 5.74) is 0. The molecular formula is C15H24N4O4. The van der Waals surface area contributed by atoms with Crippen LogP contribution in [0.1, 0.15) is 18.6 Å². The number of morpholine rings is 1. The first-order valence-electron chi connectivity index (χ1n) is 8.10. The molecule has 1 amide bonds. The standard InChI is InChI=1S/C15H24N4O4/c1-11-7-19(8-13(11)18-3-5-21-6-4-18)15(20)10-22-9-14-16-12(2)17-23-14/h11,13H,3-10H2,1-2H3/t11-,13-/m1/s1. The number of carbonyl (C=O) groups is 1. The Morgan fingerprint density at radius 3 is 2.83 bits per heavy atom. The molecule has 3 rings (SSSR count). The lowest BCUT2D eigenvalue weighted by Gasteiger charge is -2.33. The second-order valence-corrected chi connectivity index (χ2v) is 6.22. The van der Waals surface area contributed by atoms with Crippen LogP contribution < -0.4 is 0 Å². The van der Waals surface area contributed by atoms with E-state index >= 15 is 0 Å². The molecule has 0 aromatic carbocycles. The summed E-state index contributed by atoms with van der Waals surface area (Å²) < 4.78 is 15.8. The number of amides is 1. The summed E-state index contributed by atoms with van der Waals surface area (Å²) in [6, 6.07) is 0.418. The number of hydrogen-bond acceptors (Lipinski definition) is 7. The highest BCUT2D eigenvalue weighted by Gasteiger charge is 2.36. The molecule has 3 heterocycles. The van der Waals surface area contributed by atoms with Gasteiger partial charge < -0.3 is 18.9 Å². The van der Waals surface area contributed by atoms with Crippen LogP contribution >= 0.6 is 0 Å². The molecule has 0 aliphatic carbocycles. The second kappa shape index (κ2) is 7.37. The fourth-order valence-corrected chi connectivity index (χ4v) is 3.25. The number of hydrogen-bond donors (Lipinski definition) is 0. The third kappa shape index (κ3) is 4.07. The van der Waals surface area contributed by atoms with Gasteiger partial charge in [0.1, 0.15) is 13.2 Å². The van der Waals surface area contributed by atoms with Crippen LogP contribution in [0.25, 0.3) is 0 Å². The molecule has 1 aromatic heterocycles. The summed E-state index contributed by atoms with van der Waals surface area (Å²) in [5.74, 6) is 1.45. The third-order valence-corrected chi connectivity index (χ3v) is 4.46. The predicted molar refractivity (Wildman–Crippen MR) is 80.6 cm³/mol. The zero-order valence-electron chi connectivity index (χ0n) is 13.7. The Kier molecular flexibility index (Phi) is 5.24. The topological polar surface area (TPSA) is 80.9 Å². The Balaban J connectivity index is 1.44. The molecular weight excluding hydrogens is 300 g/mol. The van der Waals surface area contributed by atoms with Crippen LogP contribution in [0.15, 0.2) is 4.52 Å². The maximum absolute atomic E-state index is 12.3. The van der Waals surface area contributed by atoms with Crippen LogP contribution in [0.4, 0.5) is 0 Å². The van der Waals surface area contributed by atoms with Crippen molar-refractivity contribution in [1.29, 1.82) is 0 Å². The Morgan fingerprint density at radius 2 is 2.13 bits per heavy atom. The molecule has 8 heteroatoms. The Bertz CT molecular complexity index is 529. The fourth-order valence-electron chi connectivity index (χ4n) is 3.25. The van der Waals surface area contributed by atoms with Gasteiger partial charge in [0, 0.05) is 32.2 Å². The summed E-state index contributed by atoms with van der Waals surface area (Å²) in [5, 5.41) is 3.69. The summed E-state index contributed by atoms with van der Waals surface area (Å²) >= 11 is 0. The van der Waals surface area contributed by atoms with Crippen molar-refractivity contribution in [3.63, 3.8) is 0 Å². The van der Waals surface area contributed by atoms with Gasteiger partial charge in [-0.2, -0.15) is 4.98 Å². The molecule has 2 aliphatic rings. The van der Waals surface area contributed by atoms with Gasteiger partial charge in [-0.3, -0.25) is 9.69 Å².